The molecule has 0 heterocycles. The van der Waals surface area contributed by atoms with Crippen LogP contribution in [0.5, 0.6) is 0 Å². The van der Waals surface area contributed by atoms with Crippen molar-refractivity contribution in [1.82, 2.24) is 0 Å². The number of hydrogen-bond donors (Lipinski definition) is 0. The lowest BCUT2D eigenvalue weighted by molar-refractivity contribution is -0.146. The summed E-state index contributed by atoms with van der Waals surface area (Å²) < 4.78 is 5.23. The van der Waals surface area contributed by atoms with Gasteiger partial charge in [-0.2, -0.15) is 0 Å². The molecule has 2 nitrogen and oxygen atoms in total. The van der Waals surface area contributed by atoms with Gasteiger partial charge in [0.05, 0.1) is 12.5 Å². The SMILES string of the molecule is CCOC(=O)C(c1ccccc1)C1CCCC1. The fraction of sp³-hybridized carbons (Fsp3) is 0.533. The van der Waals surface area contributed by atoms with Crippen LogP contribution in [0.3, 0.4) is 0 Å². The van der Waals surface area contributed by atoms with Gasteiger partial charge in [-0.3, -0.25) is 4.79 Å². The smallest absolute Gasteiger partial charge is 0.313 e. The van der Waals surface area contributed by atoms with Crippen molar-refractivity contribution in [1.29, 1.82) is 0 Å². The molecule has 1 atom stereocenters. The minimum absolute atomic E-state index is 0.0504. The van der Waals surface area contributed by atoms with Gasteiger partial charge in [-0.25, -0.2) is 0 Å². The number of carbonyl (C=O) groups is 1. The number of benzene rings is 1. The van der Waals surface area contributed by atoms with E-state index in [4.69, 9.17) is 4.74 Å². The molecule has 17 heavy (non-hydrogen) atoms. The first-order valence-corrected chi connectivity index (χ1v) is 6.54. The predicted octanol–water partition coefficient (Wildman–Crippen LogP) is 3.52. The third-order valence-electron chi connectivity index (χ3n) is 3.57. The highest BCUT2D eigenvalue weighted by molar-refractivity contribution is 5.78. The van der Waals surface area contributed by atoms with E-state index in [0.717, 1.165) is 18.4 Å². The number of hydrogen-bond acceptors (Lipinski definition) is 2. The van der Waals surface area contributed by atoms with Crippen molar-refractivity contribution in [3.05, 3.63) is 35.9 Å². The molecule has 0 aliphatic heterocycles. The van der Waals surface area contributed by atoms with Crippen molar-refractivity contribution in [3.8, 4) is 0 Å². The molecule has 92 valence electrons. The summed E-state index contributed by atoms with van der Waals surface area (Å²) in [6.45, 7) is 2.34. The van der Waals surface area contributed by atoms with Gasteiger partial charge in [-0.1, -0.05) is 43.2 Å². The zero-order valence-electron chi connectivity index (χ0n) is 10.4. The van der Waals surface area contributed by atoms with E-state index >= 15 is 0 Å². The van der Waals surface area contributed by atoms with Crippen LogP contribution in [0.15, 0.2) is 30.3 Å². The Hall–Kier alpha value is -1.31. The van der Waals surface area contributed by atoms with Crippen molar-refractivity contribution in [2.45, 2.75) is 38.5 Å². The highest BCUT2D eigenvalue weighted by Crippen LogP contribution is 2.38. The van der Waals surface area contributed by atoms with Gasteiger partial charge in [-0.15, -0.1) is 0 Å². The summed E-state index contributed by atoms with van der Waals surface area (Å²) in [4.78, 5) is 12.1. The highest BCUT2D eigenvalue weighted by Gasteiger charge is 2.32. The standard InChI is InChI=1S/C15H20O2/c1-2-17-15(16)14(13-10-6-7-11-13)12-8-4-3-5-9-12/h3-5,8-9,13-14H,2,6-7,10-11H2,1H3. The van der Waals surface area contributed by atoms with Crippen LogP contribution >= 0.6 is 0 Å². The third-order valence-corrected chi connectivity index (χ3v) is 3.57. The van der Waals surface area contributed by atoms with Crippen LogP contribution in [0.25, 0.3) is 0 Å². The van der Waals surface area contributed by atoms with Crippen molar-refractivity contribution in [2.24, 2.45) is 5.92 Å². The number of rotatable bonds is 4. The Labute approximate surface area is 103 Å². The number of carbonyl (C=O) groups excluding carboxylic acids is 1. The highest BCUT2D eigenvalue weighted by atomic mass is 16.5. The van der Waals surface area contributed by atoms with Gasteiger partial charge >= 0.3 is 5.97 Å². The molecule has 2 heteroatoms. The number of esters is 1. The van der Waals surface area contributed by atoms with Crippen LogP contribution in [-0.2, 0) is 9.53 Å². The van der Waals surface area contributed by atoms with E-state index in [0.29, 0.717) is 12.5 Å². The van der Waals surface area contributed by atoms with Crippen molar-refractivity contribution < 1.29 is 9.53 Å². The van der Waals surface area contributed by atoms with Gasteiger partial charge in [0.15, 0.2) is 0 Å². The Morgan fingerprint density at radius 3 is 2.53 bits per heavy atom. The minimum atomic E-state index is -0.0568. The van der Waals surface area contributed by atoms with E-state index in [1.165, 1.54) is 12.8 Å². The predicted molar refractivity (Wildman–Crippen MR) is 67.8 cm³/mol. The van der Waals surface area contributed by atoms with Crippen LogP contribution in [-0.4, -0.2) is 12.6 Å². The van der Waals surface area contributed by atoms with E-state index in [1.807, 2.05) is 37.3 Å². The second-order valence-electron chi connectivity index (χ2n) is 4.68. The minimum Gasteiger partial charge on any atom is -0.466 e. The molecule has 1 unspecified atom stereocenters. The average Bonchev–Trinajstić information content (AvgIpc) is 2.85. The van der Waals surface area contributed by atoms with Gasteiger partial charge in [0, 0.05) is 0 Å². The first-order chi connectivity index (χ1) is 8.33. The van der Waals surface area contributed by atoms with Crippen LogP contribution in [0.4, 0.5) is 0 Å². The monoisotopic (exact) mass is 232 g/mol. The fourth-order valence-corrected chi connectivity index (χ4v) is 2.78. The lowest BCUT2D eigenvalue weighted by atomic mass is 9.85. The summed E-state index contributed by atoms with van der Waals surface area (Å²) in [5.41, 5.74) is 1.11. The second-order valence-corrected chi connectivity index (χ2v) is 4.68. The lowest BCUT2D eigenvalue weighted by Crippen LogP contribution is -2.22. The molecule has 0 saturated heterocycles. The molecule has 1 aromatic carbocycles. The normalized spacial score (nSPS) is 17.9. The molecule has 0 aromatic heterocycles. The van der Waals surface area contributed by atoms with Gasteiger partial charge in [0.25, 0.3) is 0 Å². The van der Waals surface area contributed by atoms with Crippen molar-refractivity contribution in [2.75, 3.05) is 6.61 Å². The topological polar surface area (TPSA) is 26.3 Å². The average molecular weight is 232 g/mol. The summed E-state index contributed by atoms with van der Waals surface area (Å²) in [6, 6.07) is 10.1. The molecule has 0 N–H and O–H groups in total. The molecular weight excluding hydrogens is 212 g/mol. The van der Waals surface area contributed by atoms with E-state index in [1.54, 1.807) is 0 Å². The zero-order valence-corrected chi connectivity index (χ0v) is 10.4. The Morgan fingerprint density at radius 1 is 1.29 bits per heavy atom. The fourth-order valence-electron chi connectivity index (χ4n) is 2.78. The van der Waals surface area contributed by atoms with Gasteiger partial charge in [0.1, 0.15) is 0 Å². The van der Waals surface area contributed by atoms with Crippen LogP contribution in [0.1, 0.15) is 44.1 Å². The second kappa shape index (κ2) is 5.85. The lowest BCUT2D eigenvalue weighted by Gasteiger charge is -2.21. The Kier molecular flexibility index (Phi) is 4.18. The van der Waals surface area contributed by atoms with Crippen molar-refractivity contribution >= 4 is 5.97 Å². The Bertz CT molecular complexity index is 352. The maximum Gasteiger partial charge on any atom is 0.313 e. The molecule has 1 aliphatic carbocycles. The largest absolute Gasteiger partial charge is 0.466 e. The van der Waals surface area contributed by atoms with E-state index in [9.17, 15) is 4.79 Å². The molecule has 2 rings (SSSR count). The summed E-state index contributed by atoms with van der Waals surface area (Å²) in [6.07, 6.45) is 4.79. The first kappa shape index (κ1) is 12.2. The Balaban J connectivity index is 2.20. The van der Waals surface area contributed by atoms with Gasteiger partial charge in [-0.05, 0) is 31.2 Å². The summed E-state index contributed by atoms with van der Waals surface area (Å²) >= 11 is 0. The van der Waals surface area contributed by atoms with Crippen LogP contribution < -0.4 is 0 Å². The van der Waals surface area contributed by atoms with Crippen LogP contribution in [0, 0.1) is 5.92 Å². The zero-order chi connectivity index (χ0) is 12.1. The van der Waals surface area contributed by atoms with E-state index in [-0.39, 0.29) is 11.9 Å². The molecule has 0 spiro atoms. The first-order valence-electron chi connectivity index (χ1n) is 6.54. The van der Waals surface area contributed by atoms with E-state index in [2.05, 4.69) is 0 Å². The Morgan fingerprint density at radius 2 is 1.94 bits per heavy atom. The molecule has 0 bridgehead atoms. The molecule has 1 aliphatic rings. The summed E-state index contributed by atoms with van der Waals surface area (Å²) in [7, 11) is 0. The molecule has 1 saturated carbocycles. The number of ether oxygens (including phenoxy) is 1. The summed E-state index contributed by atoms with van der Waals surface area (Å²) in [5.74, 6) is 0.362. The molecular formula is C15H20O2. The quantitative estimate of drug-likeness (QED) is 0.742. The molecule has 1 aromatic rings. The van der Waals surface area contributed by atoms with Crippen molar-refractivity contribution in [3.63, 3.8) is 0 Å². The molecule has 0 amide bonds. The van der Waals surface area contributed by atoms with E-state index < -0.39 is 0 Å². The van der Waals surface area contributed by atoms with Gasteiger partial charge < -0.3 is 4.74 Å². The third kappa shape index (κ3) is 2.87. The van der Waals surface area contributed by atoms with Gasteiger partial charge in [0.2, 0.25) is 0 Å². The maximum absolute atomic E-state index is 12.1. The van der Waals surface area contributed by atoms with Crippen LogP contribution in [0.2, 0.25) is 0 Å². The molecule has 0 radical (unpaired) electrons. The maximum atomic E-state index is 12.1. The summed E-state index contributed by atoms with van der Waals surface area (Å²) in [5, 5.41) is 0. The molecule has 1 fully saturated rings.